The van der Waals surface area contributed by atoms with E-state index in [4.69, 9.17) is 0 Å². The van der Waals surface area contributed by atoms with Gasteiger partial charge < -0.3 is 0 Å². The highest BCUT2D eigenvalue weighted by atomic mass is 19.1. The van der Waals surface area contributed by atoms with Crippen molar-refractivity contribution in [1.82, 2.24) is 4.57 Å². The van der Waals surface area contributed by atoms with E-state index in [0.29, 0.717) is 33.5 Å². The van der Waals surface area contributed by atoms with E-state index in [0.717, 1.165) is 0 Å². The summed E-state index contributed by atoms with van der Waals surface area (Å²) in [5.74, 6) is -0.375. The van der Waals surface area contributed by atoms with Gasteiger partial charge in [0.05, 0.1) is 11.6 Å². The number of para-hydroxylation sites is 1. The SMILES string of the molecule is N#Cc1ccccc1-c1cc(-c2ccccc2F)cn(-c2ccccc2)c1=O. The maximum absolute atomic E-state index is 14.4. The van der Waals surface area contributed by atoms with Crippen LogP contribution in [-0.4, -0.2) is 4.57 Å². The van der Waals surface area contributed by atoms with Gasteiger partial charge in [0.1, 0.15) is 5.82 Å². The van der Waals surface area contributed by atoms with Gasteiger partial charge in [0.25, 0.3) is 5.56 Å². The molecule has 4 rings (SSSR count). The molecule has 0 aliphatic carbocycles. The molecule has 3 nitrogen and oxygen atoms in total. The Morgan fingerprint density at radius 1 is 0.786 bits per heavy atom. The Morgan fingerprint density at radius 2 is 1.43 bits per heavy atom. The first-order valence-electron chi connectivity index (χ1n) is 8.75. The van der Waals surface area contributed by atoms with Gasteiger partial charge in [-0.3, -0.25) is 9.36 Å². The first-order valence-corrected chi connectivity index (χ1v) is 8.75. The summed E-state index contributed by atoms with van der Waals surface area (Å²) in [6.07, 6.45) is 1.63. The molecule has 0 atom stereocenters. The lowest BCUT2D eigenvalue weighted by molar-refractivity contribution is 0.631. The van der Waals surface area contributed by atoms with Crippen LogP contribution < -0.4 is 5.56 Å². The van der Waals surface area contributed by atoms with Crippen LogP contribution in [0.15, 0.2) is 95.9 Å². The van der Waals surface area contributed by atoms with Crippen LogP contribution in [0.4, 0.5) is 4.39 Å². The largest absolute Gasteiger partial charge is 0.283 e. The Morgan fingerprint density at radius 3 is 2.14 bits per heavy atom. The number of hydrogen-bond donors (Lipinski definition) is 0. The molecule has 28 heavy (non-hydrogen) atoms. The zero-order valence-electron chi connectivity index (χ0n) is 14.8. The van der Waals surface area contributed by atoms with Crippen LogP contribution in [0.5, 0.6) is 0 Å². The molecule has 0 N–H and O–H groups in total. The summed E-state index contributed by atoms with van der Waals surface area (Å²) in [7, 11) is 0. The maximum atomic E-state index is 14.4. The van der Waals surface area contributed by atoms with Crippen LogP contribution in [0.3, 0.4) is 0 Å². The van der Waals surface area contributed by atoms with E-state index in [2.05, 4.69) is 6.07 Å². The van der Waals surface area contributed by atoms with Gasteiger partial charge >= 0.3 is 0 Å². The van der Waals surface area contributed by atoms with Gasteiger partial charge in [-0.15, -0.1) is 0 Å². The Hall–Kier alpha value is -3.97. The fraction of sp³-hybridized carbons (Fsp3) is 0. The van der Waals surface area contributed by atoms with Crippen LogP contribution in [0.25, 0.3) is 27.9 Å². The quantitative estimate of drug-likeness (QED) is 0.501. The van der Waals surface area contributed by atoms with E-state index in [1.54, 1.807) is 54.7 Å². The summed E-state index contributed by atoms with van der Waals surface area (Å²) < 4.78 is 15.9. The molecule has 0 bridgehead atoms. The lowest BCUT2D eigenvalue weighted by Crippen LogP contribution is -2.20. The Balaban J connectivity index is 2.07. The minimum absolute atomic E-state index is 0.269. The molecular weight excluding hydrogens is 351 g/mol. The smallest absolute Gasteiger partial charge is 0.263 e. The normalized spacial score (nSPS) is 10.4. The molecule has 0 aliphatic rings. The zero-order chi connectivity index (χ0) is 19.5. The maximum Gasteiger partial charge on any atom is 0.263 e. The molecule has 3 aromatic carbocycles. The fourth-order valence-corrected chi connectivity index (χ4v) is 3.21. The van der Waals surface area contributed by atoms with Gasteiger partial charge in [-0.25, -0.2) is 4.39 Å². The number of halogens is 1. The third-order valence-corrected chi connectivity index (χ3v) is 4.57. The van der Waals surface area contributed by atoms with Crippen LogP contribution in [0.1, 0.15) is 5.56 Å². The summed E-state index contributed by atoms with van der Waals surface area (Å²) in [5, 5.41) is 9.47. The van der Waals surface area contributed by atoms with Crippen molar-refractivity contribution in [2.24, 2.45) is 0 Å². The Bertz CT molecular complexity index is 1250. The molecule has 4 aromatic rings. The van der Waals surface area contributed by atoms with Crippen LogP contribution in [0.2, 0.25) is 0 Å². The highest BCUT2D eigenvalue weighted by molar-refractivity contribution is 5.76. The molecule has 0 radical (unpaired) electrons. The summed E-state index contributed by atoms with van der Waals surface area (Å²) in [5.41, 5.74) is 2.62. The van der Waals surface area contributed by atoms with Crippen LogP contribution >= 0.6 is 0 Å². The molecule has 1 aromatic heterocycles. The van der Waals surface area contributed by atoms with E-state index in [9.17, 15) is 14.4 Å². The van der Waals surface area contributed by atoms with E-state index < -0.39 is 0 Å². The second-order valence-corrected chi connectivity index (χ2v) is 6.29. The van der Waals surface area contributed by atoms with Gasteiger partial charge in [0, 0.05) is 34.1 Å². The molecule has 1 heterocycles. The number of hydrogen-bond acceptors (Lipinski definition) is 2. The molecule has 0 saturated heterocycles. The predicted molar refractivity (Wildman–Crippen MR) is 108 cm³/mol. The lowest BCUT2D eigenvalue weighted by Gasteiger charge is -2.13. The molecule has 0 saturated carbocycles. The summed E-state index contributed by atoms with van der Waals surface area (Å²) in [6.45, 7) is 0. The third kappa shape index (κ3) is 3.10. The highest BCUT2D eigenvalue weighted by Gasteiger charge is 2.15. The molecule has 134 valence electrons. The Labute approximate surface area is 161 Å². The topological polar surface area (TPSA) is 45.8 Å². The second kappa shape index (κ2) is 7.34. The number of benzene rings is 3. The second-order valence-electron chi connectivity index (χ2n) is 6.29. The average molecular weight is 366 g/mol. The third-order valence-electron chi connectivity index (χ3n) is 4.57. The monoisotopic (exact) mass is 366 g/mol. The average Bonchev–Trinajstić information content (AvgIpc) is 2.75. The van der Waals surface area contributed by atoms with Gasteiger partial charge in [-0.2, -0.15) is 5.26 Å². The van der Waals surface area contributed by atoms with Crippen molar-refractivity contribution in [3.63, 3.8) is 0 Å². The van der Waals surface area contributed by atoms with E-state index >= 15 is 0 Å². The summed E-state index contributed by atoms with van der Waals surface area (Å²) in [6, 6.07) is 26.3. The standard InChI is InChI=1S/C24H15FN2O/c25-23-13-7-6-12-21(23)18-14-22(20-11-5-4-8-17(20)15-26)24(28)27(16-18)19-9-2-1-3-10-19/h1-14,16H. The van der Waals surface area contributed by atoms with Crippen molar-refractivity contribution in [2.75, 3.05) is 0 Å². The van der Waals surface area contributed by atoms with Gasteiger partial charge in [-0.1, -0.05) is 54.6 Å². The zero-order valence-corrected chi connectivity index (χ0v) is 14.8. The molecule has 4 heteroatoms. The summed E-state index contributed by atoms with van der Waals surface area (Å²) in [4.78, 5) is 13.3. The van der Waals surface area contributed by atoms with E-state index in [-0.39, 0.29) is 11.4 Å². The first kappa shape index (κ1) is 17.4. The highest BCUT2D eigenvalue weighted by Crippen LogP contribution is 2.28. The predicted octanol–water partition coefficient (Wildman–Crippen LogP) is 5.18. The lowest BCUT2D eigenvalue weighted by atomic mass is 9.98. The minimum atomic E-state index is -0.375. The van der Waals surface area contributed by atoms with Crippen molar-refractivity contribution in [1.29, 1.82) is 5.26 Å². The van der Waals surface area contributed by atoms with Crippen LogP contribution in [0, 0.1) is 17.1 Å². The Kier molecular flexibility index (Phi) is 4.57. The number of pyridine rings is 1. The van der Waals surface area contributed by atoms with Crippen molar-refractivity contribution in [2.45, 2.75) is 0 Å². The van der Waals surface area contributed by atoms with Gasteiger partial charge in [0.2, 0.25) is 0 Å². The van der Waals surface area contributed by atoms with Crippen molar-refractivity contribution < 1.29 is 4.39 Å². The van der Waals surface area contributed by atoms with Crippen molar-refractivity contribution in [3.8, 4) is 34.0 Å². The van der Waals surface area contributed by atoms with Gasteiger partial charge in [-0.05, 0) is 30.3 Å². The number of rotatable bonds is 3. The first-order chi connectivity index (χ1) is 13.7. The number of nitrogens with zero attached hydrogens (tertiary/aromatic N) is 2. The molecule has 0 spiro atoms. The molecular formula is C24H15FN2O. The van der Waals surface area contributed by atoms with Crippen LogP contribution in [-0.2, 0) is 0 Å². The minimum Gasteiger partial charge on any atom is -0.283 e. The molecule has 0 fully saturated rings. The number of nitriles is 1. The van der Waals surface area contributed by atoms with E-state index in [1.165, 1.54) is 10.6 Å². The molecule has 0 unspecified atom stereocenters. The molecule has 0 amide bonds. The van der Waals surface area contributed by atoms with E-state index in [1.807, 2.05) is 30.3 Å². The molecule has 0 aliphatic heterocycles. The fourth-order valence-electron chi connectivity index (χ4n) is 3.21. The van der Waals surface area contributed by atoms with Gasteiger partial charge in [0.15, 0.2) is 0 Å². The van der Waals surface area contributed by atoms with Crippen molar-refractivity contribution >= 4 is 0 Å². The number of aromatic nitrogens is 1. The van der Waals surface area contributed by atoms with Crippen molar-refractivity contribution in [3.05, 3.63) is 113 Å². The summed E-state index contributed by atoms with van der Waals surface area (Å²) >= 11 is 0.